The van der Waals surface area contributed by atoms with Gasteiger partial charge in [0.2, 0.25) is 11.8 Å². The zero-order valence-electron chi connectivity index (χ0n) is 12.3. The van der Waals surface area contributed by atoms with Crippen molar-refractivity contribution in [3.63, 3.8) is 0 Å². The number of hydrogen-bond donors (Lipinski definition) is 1. The van der Waals surface area contributed by atoms with Gasteiger partial charge in [-0.15, -0.1) is 0 Å². The summed E-state index contributed by atoms with van der Waals surface area (Å²) in [4.78, 5) is 24.4. The molecule has 2 N–H and O–H groups in total. The molecule has 0 bridgehead atoms. The van der Waals surface area contributed by atoms with E-state index in [1.54, 1.807) is 0 Å². The van der Waals surface area contributed by atoms with Gasteiger partial charge in [0.25, 0.3) is 0 Å². The van der Waals surface area contributed by atoms with Crippen molar-refractivity contribution in [1.82, 2.24) is 4.90 Å². The summed E-state index contributed by atoms with van der Waals surface area (Å²) in [5.74, 6) is -2.01. The van der Waals surface area contributed by atoms with E-state index in [-0.39, 0.29) is 11.4 Å². The van der Waals surface area contributed by atoms with Gasteiger partial charge in [-0.25, -0.2) is 8.42 Å². The average molecular weight is 347 g/mol. The van der Waals surface area contributed by atoms with Crippen molar-refractivity contribution in [1.29, 1.82) is 0 Å². The molecule has 0 heterocycles. The molecule has 0 saturated heterocycles. The summed E-state index contributed by atoms with van der Waals surface area (Å²) in [6.45, 7) is 1.95. The van der Waals surface area contributed by atoms with Crippen LogP contribution in [0.25, 0.3) is 0 Å². The highest BCUT2D eigenvalue weighted by Crippen LogP contribution is 2.16. The van der Waals surface area contributed by atoms with Crippen molar-refractivity contribution in [2.45, 2.75) is 24.7 Å². The third kappa shape index (κ3) is 5.65. The Morgan fingerprint density at radius 2 is 1.82 bits per heavy atom. The smallest absolute Gasteiger partial charge is 0.238 e. The minimum atomic E-state index is -3.78. The van der Waals surface area contributed by atoms with E-state index in [0.717, 1.165) is 6.42 Å². The second-order valence-corrected chi connectivity index (χ2v) is 7.27. The number of hydrogen-bond acceptors (Lipinski definition) is 4. The van der Waals surface area contributed by atoms with Crippen molar-refractivity contribution >= 4 is 33.3 Å². The molecular weight excluding hydrogens is 328 g/mol. The van der Waals surface area contributed by atoms with E-state index >= 15 is 0 Å². The predicted octanol–water partition coefficient (Wildman–Crippen LogP) is 1.23. The highest BCUT2D eigenvalue weighted by molar-refractivity contribution is 7.92. The van der Waals surface area contributed by atoms with Crippen LogP contribution in [0.3, 0.4) is 0 Å². The first-order valence-electron chi connectivity index (χ1n) is 6.80. The van der Waals surface area contributed by atoms with Crippen LogP contribution in [0.1, 0.15) is 19.8 Å². The molecule has 0 atom stereocenters. The number of carbonyl (C=O) groups excluding carboxylic acids is 2. The van der Waals surface area contributed by atoms with Crippen molar-refractivity contribution in [3.8, 4) is 0 Å². The summed E-state index contributed by atoms with van der Waals surface area (Å²) >= 11 is 5.71. The summed E-state index contributed by atoms with van der Waals surface area (Å²) < 4.78 is 24.4. The number of unbranched alkanes of at least 4 members (excludes halogenated alkanes) is 1. The van der Waals surface area contributed by atoms with Gasteiger partial charge in [0.05, 0.1) is 11.4 Å². The minimum absolute atomic E-state index is 0.0137. The number of nitrogens with two attached hydrogens (primary N) is 1. The van der Waals surface area contributed by atoms with Gasteiger partial charge in [-0.05, 0) is 30.7 Å². The van der Waals surface area contributed by atoms with E-state index in [0.29, 0.717) is 18.0 Å². The van der Waals surface area contributed by atoms with E-state index in [4.69, 9.17) is 17.3 Å². The molecule has 1 aromatic rings. The van der Waals surface area contributed by atoms with Gasteiger partial charge in [-0.1, -0.05) is 24.9 Å². The molecule has 0 unspecified atom stereocenters. The third-order valence-corrected chi connectivity index (χ3v) is 4.84. The minimum Gasteiger partial charge on any atom is -0.368 e. The van der Waals surface area contributed by atoms with Gasteiger partial charge in [0, 0.05) is 11.6 Å². The highest BCUT2D eigenvalue weighted by Gasteiger charge is 2.24. The lowest BCUT2D eigenvalue weighted by atomic mass is 10.3. The normalized spacial score (nSPS) is 11.2. The molecule has 1 rings (SSSR count). The predicted molar refractivity (Wildman–Crippen MR) is 84.2 cm³/mol. The Labute approximate surface area is 135 Å². The molecule has 1 aromatic carbocycles. The molecule has 0 aliphatic heterocycles. The Hall–Kier alpha value is -1.60. The molecule has 8 heteroatoms. The number of amides is 2. The van der Waals surface area contributed by atoms with Crippen molar-refractivity contribution in [2.24, 2.45) is 5.73 Å². The zero-order chi connectivity index (χ0) is 16.8. The molecule has 0 aliphatic rings. The third-order valence-electron chi connectivity index (χ3n) is 2.97. The standard InChI is InChI=1S/C14H19ClN2O4S/c1-2-3-8-17(9-13(16)18)14(19)10-22(20,21)12-6-4-11(15)5-7-12/h4-7H,2-3,8-10H2,1H3,(H2,16,18). The Morgan fingerprint density at radius 1 is 1.23 bits per heavy atom. The summed E-state index contributed by atoms with van der Waals surface area (Å²) in [6.07, 6.45) is 1.48. The second kappa shape index (κ2) is 8.14. The molecule has 22 heavy (non-hydrogen) atoms. The van der Waals surface area contributed by atoms with Gasteiger partial charge in [0.1, 0.15) is 5.75 Å². The molecule has 6 nitrogen and oxygen atoms in total. The molecule has 0 fully saturated rings. The first-order valence-corrected chi connectivity index (χ1v) is 8.83. The molecule has 0 radical (unpaired) electrons. The fraction of sp³-hybridized carbons (Fsp3) is 0.429. The number of benzene rings is 1. The largest absolute Gasteiger partial charge is 0.368 e. The molecule has 0 spiro atoms. The van der Waals surface area contributed by atoms with Crippen molar-refractivity contribution < 1.29 is 18.0 Å². The van der Waals surface area contributed by atoms with Crippen LogP contribution in [0.15, 0.2) is 29.2 Å². The number of primary amides is 1. The fourth-order valence-corrected chi connectivity index (χ4v) is 3.16. The van der Waals surface area contributed by atoms with E-state index in [9.17, 15) is 18.0 Å². The maximum atomic E-state index is 12.2. The first-order chi connectivity index (χ1) is 10.3. The second-order valence-electron chi connectivity index (χ2n) is 4.85. The van der Waals surface area contributed by atoms with Gasteiger partial charge >= 0.3 is 0 Å². The molecule has 122 valence electrons. The molecular formula is C14H19ClN2O4S. The van der Waals surface area contributed by atoms with E-state index in [1.807, 2.05) is 6.92 Å². The van der Waals surface area contributed by atoms with Crippen LogP contribution in [0.2, 0.25) is 5.02 Å². The van der Waals surface area contributed by atoms with Crippen LogP contribution >= 0.6 is 11.6 Å². The lowest BCUT2D eigenvalue weighted by Gasteiger charge is -2.20. The fourth-order valence-electron chi connectivity index (χ4n) is 1.81. The van der Waals surface area contributed by atoms with Gasteiger partial charge in [0.15, 0.2) is 9.84 Å². The average Bonchev–Trinajstić information content (AvgIpc) is 2.43. The van der Waals surface area contributed by atoms with Crippen LogP contribution in [-0.4, -0.2) is 44.0 Å². The maximum Gasteiger partial charge on any atom is 0.238 e. The van der Waals surface area contributed by atoms with Crippen LogP contribution in [0.5, 0.6) is 0 Å². The molecule has 0 aliphatic carbocycles. The number of sulfone groups is 1. The summed E-state index contributed by atoms with van der Waals surface area (Å²) in [5, 5.41) is 0.406. The van der Waals surface area contributed by atoms with E-state index < -0.39 is 27.4 Å². The SMILES string of the molecule is CCCCN(CC(N)=O)C(=O)CS(=O)(=O)c1ccc(Cl)cc1. The Morgan fingerprint density at radius 3 is 2.32 bits per heavy atom. The lowest BCUT2D eigenvalue weighted by Crippen LogP contribution is -2.41. The number of rotatable bonds is 8. The summed E-state index contributed by atoms with van der Waals surface area (Å²) in [6, 6.07) is 5.57. The molecule has 0 aromatic heterocycles. The van der Waals surface area contributed by atoms with Crippen molar-refractivity contribution in [2.75, 3.05) is 18.8 Å². The van der Waals surface area contributed by atoms with Crippen LogP contribution in [0, 0.1) is 0 Å². The first kappa shape index (κ1) is 18.4. The number of nitrogens with zero attached hydrogens (tertiary/aromatic N) is 1. The Bertz CT molecular complexity index is 629. The molecule has 0 saturated carbocycles. The van der Waals surface area contributed by atoms with E-state index in [1.165, 1.54) is 29.2 Å². The van der Waals surface area contributed by atoms with Gasteiger partial charge in [-0.2, -0.15) is 0 Å². The monoisotopic (exact) mass is 346 g/mol. The Kier molecular flexibility index (Phi) is 6.83. The Balaban J connectivity index is 2.86. The maximum absolute atomic E-state index is 12.2. The van der Waals surface area contributed by atoms with Gasteiger partial charge < -0.3 is 10.6 Å². The quantitative estimate of drug-likeness (QED) is 0.765. The summed E-state index contributed by atoms with van der Waals surface area (Å²) in [5.41, 5.74) is 5.10. The zero-order valence-corrected chi connectivity index (χ0v) is 13.9. The topological polar surface area (TPSA) is 97.5 Å². The number of halogens is 1. The lowest BCUT2D eigenvalue weighted by molar-refractivity contribution is -0.133. The van der Waals surface area contributed by atoms with Crippen LogP contribution in [-0.2, 0) is 19.4 Å². The van der Waals surface area contributed by atoms with Crippen LogP contribution < -0.4 is 5.73 Å². The van der Waals surface area contributed by atoms with Crippen molar-refractivity contribution in [3.05, 3.63) is 29.3 Å². The number of carbonyl (C=O) groups is 2. The van der Waals surface area contributed by atoms with Crippen LogP contribution in [0.4, 0.5) is 0 Å². The van der Waals surface area contributed by atoms with Gasteiger partial charge in [-0.3, -0.25) is 9.59 Å². The summed E-state index contributed by atoms with van der Waals surface area (Å²) in [7, 11) is -3.78. The highest BCUT2D eigenvalue weighted by atomic mass is 35.5. The van der Waals surface area contributed by atoms with E-state index in [2.05, 4.69) is 0 Å². The molecule has 2 amide bonds.